The number of sulfonamides is 1. The van der Waals surface area contributed by atoms with Crippen LogP contribution in [0.4, 0.5) is 0 Å². The first-order valence-corrected chi connectivity index (χ1v) is 8.98. The van der Waals surface area contributed by atoms with Crippen LogP contribution in [0.3, 0.4) is 0 Å². The molecule has 1 aromatic carbocycles. The predicted molar refractivity (Wildman–Crippen MR) is 84.1 cm³/mol. The lowest BCUT2D eigenvalue weighted by Gasteiger charge is -2.21. The number of nitrogens with zero attached hydrogens (tertiary/aromatic N) is 2. The van der Waals surface area contributed by atoms with E-state index in [0.717, 1.165) is 23.0 Å². The van der Waals surface area contributed by atoms with E-state index in [1.54, 1.807) is 34.8 Å². The SMILES string of the molecule is O=S(=O)(c1ccc(Br)cc1)N(Cc1ccccn1)C1CC1. The minimum atomic E-state index is -3.48. The molecule has 0 atom stereocenters. The Hall–Kier alpha value is -1.24. The van der Waals surface area contributed by atoms with Gasteiger partial charge in [0.2, 0.25) is 10.0 Å². The predicted octanol–water partition coefficient (Wildman–Crippen LogP) is 3.20. The van der Waals surface area contributed by atoms with Crippen LogP contribution in [0.25, 0.3) is 0 Å². The van der Waals surface area contributed by atoms with Gasteiger partial charge in [0.25, 0.3) is 0 Å². The third-order valence-corrected chi connectivity index (χ3v) is 5.86. The summed E-state index contributed by atoms with van der Waals surface area (Å²) in [6, 6.07) is 12.4. The molecule has 0 N–H and O–H groups in total. The Morgan fingerprint density at radius 2 is 1.86 bits per heavy atom. The number of hydrogen-bond donors (Lipinski definition) is 0. The van der Waals surface area contributed by atoms with Crippen LogP contribution in [0.2, 0.25) is 0 Å². The van der Waals surface area contributed by atoms with Crippen LogP contribution in [0.15, 0.2) is 58.0 Å². The zero-order valence-electron chi connectivity index (χ0n) is 11.3. The lowest BCUT2D eigenvalue weighted by Crippen LogP contribution is -2.33. The summed E-state index contributed by atoms with van der Waals surface area (Å²) in [4.78, 5) is 4.56. The number of halogens is 1. The number of benzene rings is 1. The van der Waals surface area contributed by atoms with E-state index in [1.807, 2.05) is 18.2 Å². The molecule has 0 unspecified atom stereocenters. The summed E-state index contributed by atoms with van der Waals surface area (Å²) >= 11 is 3.33. The molecule has 1 aliphatic rings. The molecule has 0 spiro atoms. The largest absolute Gasteiger partial charge is 0.260 e. The zero-order valence-corrected chi connectivity index (χ0v) is 13.7. The van der Waals surface area contributed by atoms with Gasteiger partial charge >= 0.3 is 0 Å². The lowest BCUT2D eigenvalue weighted by atomic mass is 10.3. The maximum Gasteiger partial charge on any atom is 0.243 e. The van der Waals surface area contributed by atoms with Crippen molar-refractivity contribution in [2.45, 2.75) is 30.3 Å². The molecule has 4 nitrogen and oxygen atoms in total. The van der Waals surface area contributed by atoms with Gasteiger partial charge < -0.3 is 0 Å². The first kappa shape index (κ1) is 14.7. The standard InChI is InChI=1S/C15H15BrN2O2S/c16-12-4-8-15(9-5-12)21(19,20)18(14-6-7-14)11-13-3-1-2-10-17-13/h1-5,8-10,14H,6-7,11H2. The molecule has 6 heteroatoms. The van der Waals surface area contributed by atoms with Crippen molar-refractivity contribution in [3.63, 3.8) is 0 Å². The summed E-state index contributed by atoms with van der Waals surface area (Å²) < 4.78 is 28.1. The third kappa shape index (κ3) is 3.33. The highest BCUT2D eigenvalue weighted by atomic mass is 79.9. The second-order valence-corrected chi connectivity index (χ2v) is 7.86. The molecule has 0 bridgehead atoms. The molecule has 0 saturated heterocycles. The van der Waals surface area contributed by atoms with Crippen molar-refractivity contribution < 1.29 is 8.42 Å². The molecular formula is C15H15BrN2O2S. The van der Waals surface area contributed by atoms with Crippen molar-refractivity contribution >= 4 is 26.0 Å². The first-order valence-electron chi connectivity index (χ1n) is 6.75. The molecule has 2 aromatic rings. The molecule has 3 rings (SSSR count). The molecule has 1 aliphatic carbocycles. The quantitative estimate of drug-likeness (QED) is 0.816. The summed E-state index contributed by atoms with van der Waals surface area (Å²) in [7, 11) is -3.48. The van der Waals surface area contributed by atoms with Crippen molar-refractivity contribution in [3.8, 4) is 0 Å². The van der Waals surface area contributed by atoms with Crippen molar-refractivity contribution in [1.29, 1.82) is 0 Å². The van der Waals surface area contributed by atoms with Gasteiger partial charge in [-0.3, -0.25) is 4.98 Å². The van der Waals surface area contributed by atoms with Gasteiger partial charge in [-0.05, 0) is 49.2 Å². The second-order valence-electron chi connectivity index (χ2n) is 5.06. The highest BCUT2D eigenvalue weighted by Crippen LogP contribution is 2.33. The molecule has 21 heavy (non-hydrogen) atoms. The van der Waals surface area contributed by atoms with Crippen LogP contribution in [0, 0.1) is 0 Å². The molecule has 1 aromatic heterocycles. The summed E-state index contributed by atoms with van der Waals surface area (Å²) in [5, 5.41) is 0. The Labute approximate surface area is 133 Å². The van der Waals surface area contributed by atoms with Crippen LogP contribution in [-0.4, -0.2) is 23.7 Å². The normalized spacial score (nSPS) is 15.3. The summed E-state index contributed by atoms with van der Waals surface area (Å²) in [5.74, 6) is 0. The summed E-state index contributed by atoms with van der Waals surface area (Å²) in [6.45, 7) is 0.323. The fourth-order valence-corrected chi connectivity index (χ4v) is 4.09. The average molecular weight is 367 g/mol. The maximum absolute atomic E-state index is 12.8. The van der Waals surface area contributed by atoms with Crippen molar-refractivity contribution in [2.24, 2.45) is 0 Å². The zero-order chi connectivity index (χ0) is 14.9. The number of aromatic nitrogens is 1. The first-order chi connectivity index (χ1) is 10.1. The molecule has 0 radical (unpaired) electrons. The van der Waals surface area contributed by atoms with E-state index in [0.29, 0.717) is 11.4 Å². The molecular weight excluding hydrogens is 352 g/mol. The third-order valence-electron chi connectivity index (χ3n) is 3.42. The van der Waals surface area contributed by atoms with E-state index >= 15 is 0 Å². The van der Waals surface area contributed by atoms with Gasteiger partial charge in [-0.1, -0.05) is 22.0 Å². The van der Waals surface area contributed by atoms with E-state index in [9.17, 15) is 8.42 Å². The molecule has 0 aliphatic heterocycles. The molecule has 1 fully saturated rings. The fraction of sp³-hybridized carbons (Fsp3) is 0.267. The fourth-order valence-electron chi connectivity index (χ4n) is 2.17. The van der Waals surface area contributed by atoms with E-state index in [1.165, 1.54) is 0 Å². The average Bonchev–Trinajstić information content (AvgIpc) is 3.31. The van der Waals surface area contributed by atoms with Crippen LogP contribution in [-0.2, 0) is 16.6 Å². The van der Waals surface area contributed by atoms with Crippen LogP contribution >= 0.6 is 15.9 Å². The smallest absolute Gasteiger partial charge is 0.243 e. The minimum Gasteiger partial charge on any atom is -0.260 e. The Morgan fingerprint density at radius 1 is 1.14 bits per heavy atom. The highest BCUT2D eigenvalue weighted by molar-refractivity contribution is 9.10. The number of pyridine rings is 1. The van der Waals surface area contributed by atoms with Gasteiger partial charge in [0, 0.05) is 16.7 Å². The molecule has 1 heterocycles. The van der Waals surface area contributed by atoms with Crippen LogP contribution in [0.1, 0.15) is 18.5 Å². The monoisotopic (exact) mass is 366 g/mol. The molecule has 110 valence electrons. The number of rotatable bonds is 5. The Kier molecular flexibility index (Phi) is 4.10. The summed E-state index contributed by atoms with van der Waals surface area (Å²) in [5.41, 5.74) is 0.769. The molecule has 1 saturated carbocycles. The van der Waals surface area contributed by atoms with Gasteiger partial charge in [0.15, 0.2) is 0 Å². The highest BCUT2D eigenvalue weighted by Gasteiger charge is 2.38. The minimum absolute atomic E-state index is 0.0978. The van der Waals surface area contributed by atoms with Gasteiger partial charge in [-0.2, -0.15) is 4.31 Å². The van der Waals surface area contributed by atoms with Crippen LogP contribution < -0.4 is 0 Å². The lowest BCUT2D eigenvalue weighted by molar-refractivity contribution is 0.394. The van der Waals surface area contributed by atoms with E-state index in [4.69, 9.17) is 0 Å². The second kappa shape index (κ2) is 5.87. The topological polar surface area (TPSA) is 50.3 Å². The van der Waals surface area contributed by atoms with Crippen molar-refractivity contribution in [3.05, 3.63) is 58.8 Å². The van der Waals surface area contributed by atoms with Crippen LogP contribution in [0.5, 0.6) is 0 Å². The van der Waals surface area contributed by atoms with Gasteiger partial charge in [-0.15, -0.1) is 0 Å². The Morgan fingerprint density at radius 3 is 2.43 bits per heavy atom. The van der Waals surface area contributed by atoms with E-state index in [-0.39, 0.29) is 6.04 Å². The summed E-state index contributed by atoms with van der Waals surface area (Å²) in [6.07, 6.45) is 3.53. The van der Waals surface area contributed by atoms with Gasteiger partial charge in [-0.25, -0.2) is 8.42 Å². The molecule has 0 amide bonds. The number of hydrogen-bond acceptors (Lipinski definition) is 3. The van der Waals surface area contributed by atoms with Crippen molar-refractivity contribution in [1.82, 2.24) is 9.29 Å². The maximum atomic E-state index is 12.8. The van der Waals surface area contributed by atoms with E-state index in [2.05, 4.69) is 20.9 Å². The van der Waals surface area contributed by atoms with Gasteiger partial charge in [0.1, 0.15) is 0 Å². The van der Waals surface area contributed by atoms with Gasteiger partial charge in [0.05, 0.1) is 17.1 Å². The Balaban J connectivity index is 1.91. The van der Waals surface area contributed by atoms with E-state index < -0.39 is 10.0 Å². The van der Waals surface area contributed by atoms with Crippen molar-refractivity contribution in [2.75, 3.05) is 0 Å². The Bertz CT molecular complexity index is 713.